The summed E-state index contributed by atoms with van der Waals surface area (Å²) in [7, 11) is 1.34. The zero-order valence-electron chi connectivity index (χ0n) is 16.5. The van der Waals surface area contributed by atoms with Gasteiger partial charge in [0.05, 0.1) is 23.9 Å². The summed E-state index contributed by atoms with van der Waals surface area (Å²) >= 11 is 1.56. The highest BCUT2D eigenvalue weighted by atomic mass is 32.1. The Kier molecular flexibility index (Phi) is 8.02. The van der Waals surface area contributed by atoms with Crippen LogP contribution in [-0.4, -0.2) is 35.8 Å². The van der Waals surface area contributed by atoms with Crippen LogP contribution in [0.2, 0.25) is 0 Å². The zero-order valence-corrected chi connectivity index (χ0v) is 17.3. The first-order chi connectivity index (χ1) is 12.0. The number of methoxy groups -OCH3 is 1. The van der Waals surface area contributed by atoms with Crippen molar-refractivity contribution in [3.05, 3.63) is 33.3 Å². The third-order valence-corrected chi connectivity index (χ3v) is 4.21. The molecular formula is C19H28N2O4S. The van der Waals surface area contributed by atoms with Crippen molar-refractivity contribution in [2.24, 2.45) is 0 Å². The van der Waals surface area contributed by atoms with E-state index in [0.29, 0.717) is 12.0 Å². The van der Waals surface area contributed by atoms with Crippen molar-refractivity contribution in [1.82, 2.24) is 10.3 Å². The van der Waals surface area contributed by atoms with Gasteiger partial charge in [-0.1, -0.05) is 6.08 Å². The Morgan fingerprint density at radius 3 is 2.50 bits per heavy atom. The molecule has 1 aromatic rings. The van der Waals surface area contributed by atoms with Gasteiger partial charge in [0.1, 0.15) is 5.60 Å². The normalized spacial score (nSPS) is 14.0. The van der Waals surface area contributed by atoms with E-state index in [1.54, 1.807) is 24.3 Å². The van der Waals surface area contributed by atoms with Gasteiger partial charge in [-0.05, 0) is 59.6 Å². The molecule has 1 amide bonds. The lowest BCUT2D eigenvalue weighted by molar-refractivity contribution is -0.136. The second kappa shape index (κ2) is 9.52. The van der Waals surface area contributed by atoms with Crippen LogP contribution in [0.3, 0.4) is 0 Å². The average molecular weight is 381 g/mol. The van der Waals surface area contributed by atoms with Gasteiger partial charge >= 0.3 is 12.1 Å². The van der Waals surface area contributed by atoms with Gasteiger partial charge in [0.2, 0.25) is 0 Å². The molecule has 1 heterocycles. The molecule has 0 bridgehead atoms. The number of thiazole rings is 1. The average Bonchev–Trinajstić information content (AvgIpc) is 2.93. The lowest BCUT2D eigenvalue weighted by Gasteiger charge is -2.23. The van der Waals surface area contributed by atoms with Crippen LogP contribution in [0.15, 0.2) is 22.6 Å². The first-order valence-corrected chi connectivity index (χ1v) is 9.24. The fourth-order valence-electron chi connectivity index (χ4n) is 2.13. The van der Waals surface area contributed by atoms with Crippen LogP contribution >= 0.6 is 11.3 Å². The van der Waals surface area contributed by atoms with E-state index in [-0.39, 0.29) is 6.04 Å². The lowest BCUT2D eigenvalue weighted by Crippen LogP contribution is -2.39. The molecule has 7 heteroatoms. The van der Waals surface area contributed by atoms with E-state index in [2.05, 4.69) is 10.3 Å². The summed E-state index contributed by atoms with van der Waals surface area (Å²) < 4.78 is 10.1. The molecule has 0 fully saturated rings. The molecule has 1 aromatic heterocycles. The maximum absolute atomic E-state index is 12.2. The van der Waals surface area contributed by atoms with Crippen molar-refractivity contribution in [2.45, 2.75) is 59.6 Å². The molecule has 0 spiro atoms. The number of nitrogens with zero attached hydrogens (tertiary/aromatic N) is 1. The van der Waals surface area contributed by atoms with Gasteiger partial charge in [-0.15, -0.1) is 11.3 Å². The molecule has 0 unspecified atom stereocenters. The minimum Gasteiger partial charge on any atom is -0.466 e. The number of esters is 1. The quantitative estimate of drug-likeness (QED) is 0.589. The van der Waals surface area contributed by atoms with Gasteiger partial charge in [0, 0.05) is 11.0 Å². The SMILES string of the molecule is COC(=O)/C(C)=C\C[C@H](NC(=O)OC(C)(C)C)/C(C)=C/c1csc(C)n1. The molecule has 26 heavy (non-hydrogen) atoms. The molecule has 0 aliphatic rings. The first kappa shape index (κ1) is 21.9. The molecule has 1 atom stereocenters. The Morgan fingerprint density at radius 1 is 1.35 bits per heavy atom. The third-order valence-electron chi connectivity index (χ3n) is 3.42. The smallest absolute Gasteiger partial charge is 0.408 e. The number of alkyl carbamates (subject to hydrolysis) is 1. The van der Waals surface area contributed by atoms with Gasteiger partial charge in [0.15, 0.2) is 0 Å². The van der Waals surface area contributed by atoms with Gasteiger partial charge in [-0.2, -0.15) is 0 Å². The van der Waals surface area contributed by atoms with E-state index < -0.39 is 17.7 Å². The summed E-state index contributed by atoms with van der Waals surface area (Å²) in [6.07, 6.45) is 3.60. The zero-order chi connectivity index (χ0) is 19.9. The number of nitrogens with one attached hydrogen (secondary N) is 1. The van der Waals surface area contributed by atoms with Crippen LogP contribution in [-0.2, 0) is 14.3 Å². The maximum atomic E-state index is 12.2. The predicted octanol–water partition coefficient (Wildman–Crippen LogP) is 4.26. The van der Waals surface area contributed by atoms with Crippen molar-refractivity contribution in [1.29, 1.82) is 0 Å². The molecule has 0 saturated carbocycles. The number of amides is 1. The van der Waals surface area contributed by atoms with Crippen LogP contribution < -0.4 is 5.32 Å². The monoisotopic (exact) mass is 380 g/mol. The van der Waals surface area contributed by atoms with E-state index in [1.807, 2.05) is 46.1 Å². The molecule has 0 aromatic carbocycles. The predicted molar refractivity (Wildman–Crippen MR) is 104 cm³/mol. The second-order valence-corrected chi connectivity index (χ2v) is 8.06. The number of rotatable bonds is 6. The number of aromatic nitrogens is 1. The highest BCUT2D eigenvalue weighted by molar-refractivity contribution is 7.09. The van der Waals surface area contributed by atoms with Crippen LogP contribution in [0.25, 0.3) is 6.08 Å². The minimum atomic E-state index is -0.587. The number of hydrogen-bond donors (Lipinski definition) is 1. The number of hydrogen-bond acceptors (Lipinski definition) is 6. The van der Waals surface area contributed by atoms with Crippen molar-refractivity contribution < 1.29 is 19.1 Å². The van der Waals surface area contributed by atoms with Gasteiger partial charge in [-0.25, -0.2) is 14.6 Å². The number of carbonyl (C=O) groups excluding carboxylic acids is 2. The fourth-order valence-corrected chi connectivity index (χ4v) is 2.70. The Labute approximate surface area is 159 Å². The number of ether oxygens (including phenoxy) is 2. The maximum Gasteiger partial charge on any atom is 0.408 e. The highest BCUT2D eigenvalue weighted by Gasteiger charge is 2.20. The van der Waals surface area contributed by atoms with Crippen LogP contribution in [0, 0.1) is 6.92 Å². The van der Waals surface area contributed by atoms with Crippen molar-refractivity contribution in [3.63, 3.8) is 0 Å². The molecule has 6 nitrogen and oxygen atoms in total. The van der Waals surface area contributed by atoms with E-state index in [9.17, 15) is 9.59 Å². The Hall–Kier alpha value is -2.15. The van der Waals surface area contributed by atoms with E-state index in [4.69, 9.17) is 9.47 Å². The molecule has 144 valence electrons. The topological polar surface area (TPSA) is 77.5 Å². The van der Waals surface area contributed by atoms with E-state index in [0.717, 1.165) is 16.3 Å². The van der Waals surface area contributed by atoms with Crippen molar-refractivity contribution in [2.75, 3.05) is 7.11 Å². The summed E-state index contributed by atoms with van der Waals surface area (Å²) in [4.78, 5) is 28.2. The van der Waals surface area contributed by atoms with Crippen molar-refractivity contribution >= 4 is 29.5 Å². The minimum absolute atomic E-state index is 0.327. The van der Waals surface area contributed by atoms with Crippen molar-refractivity contribution in [3.8, 4) is 0 Å². The highest BCUT2D eigenvalue weighted by Crippen LogP contribution is 2.17. The first-order valence-electron chi connectivity index (χ1n) is 8.36. The fraction of sp³-hybridized carbons (Fsp3) is 0.526. The third kappa shape index (κ3) is 7.82. The summed E-state index contributed by atoms with van der Waals surface area (Å²) in [6, 6.07) is -0.327. The molecule has 1 rings (SSSR count). The summed E-state index contributed by atoms with van der Waals surface area (Å²) in [5.41, 5.74) is 1.65. The number of aryl methyl sites for hydroxylation is 1. The lowest BCUT2D eigenvalue weighted by atomic mass is 10.0. The summed E-state index contributed by atoms with van der Waals surface area (Å²) in [6.45, 7) is 11.0. The second-order valence-electron chi connectivity index (χ2n) is 6.99. The van der Waals surface area contributed by atoms with Crippen LogP contribution in [0.4, 0.5) is 4.79 Å². The summed E-state index contributed by atoms with van der Waals surface area (Å²) in [5, 5.41) is 5.79. The Balaban J connectivity index is 2.98. The molecule has 0 radical (unpaired) electrons. The van der Waals surface area contributed by atoms with E-state index >= 15 is 0 Å². The molecule has 0 aliphatic heterocycles. The standard InChI is InChI=1S/C19H28N2O4S/c1-12(17(22)24-7)8-9-16(21-18(23)25-19(4,5)6)13(2)10-15-11-26-14(3)20-15/h8,10-11,16H,9H2,1-7H3,(H,21,23)/b12-8-,13-10+/t16-/m0/s1. The van der Waals surface area contributed by atoms with E-state index in [1.165, 1.54) is 7.11 Å². The largest absolute Gasteiger partial charge is 0.466 e. The molecule has 1 N–H and O–H groups in total. The summed E-state index contributed by atoms with van der Waals surface area (Å²) in [5.74, 6) is -0.391. The Morgan fingerprint density at radius 2 is 2.00 bits per heavy atom. The van der Waals surface area contributed by atoms with Gasteiger partial charge in [0.25, 0.3) is 0 Å². The van der Waals surface area contributed by atoms with Crippen LogP contribution in [0.1, 0.15) is 51.7 Å². The Bertz CT molecular complexity index is 699. The number of carbonyl (C=O) groups is 2. The molecular weight excluding hydrogens is 352 g/mol. The molecule has 0 aliphatic carbocycles. The van der Waals surface area contributed by atoms with Crippen LogP contribution in [0.5, 0.6) is 0 Å². The molecule has 0 saturated heterocycles. The van der Waals surface area contributed by atoms with Gasteiger partial charge < -0.3 is 14.8 Å². The van der Waals surface area contributed by atoms with Gasteiger partial charge in [-0.3, -0.25) is 0 Å².